The summed E-state index contributed by atoms with van der Waals surface area (Å²) in [6.07, 6.45) is 0.761. The third-order valence-electron chi connectivity index (χ3n) is 4.67. The van der Waals surface area contributed by atoms with Gasteiger partial charge in [-0.25, -0.2) is 14.1 Å². The van der Waals surface area contributed by atoms with Crippen molar-refractivity contribution in [3.8, 4) is 0 Å². The van der Waals surface area contributed by atoms with E-state index in [4.69, 9.17) is 4.52 Å². The summed E-state index contributed by atoms with van der Waals surface area (Å²) in [6.45, 7) is 18.7. The van der Waals surface area contributed by atoms with Gasteiger partial charge < -0.3 is 9.63 Å². The van der Waals surface area contributed by atoms with Crippen molar-refractivity contribution in [1.29, 1.82) is 0 Å². The summed E-state index contributed by atoms with van der Waals surface area (Å²) in [7, 11) is 2.75. The summed E-state index contributed by atoms with van der Waals surface area (Å²) in [5.41, 5.74) is 1.31. The predicted octanol–water partition coefficient (Wildman–Crippen LogP) is 6.79. The maximum atomic E-state index is 11.3. The zero-order valence-corrected chi connectivity index (χ0v) is 22.9. The first kappa shape index (κ1) is 28.7. The summed E-state index contributed by atoms with van der Waals surface area (Å²) in [5.74, 6) is 0.950. The van der Waals surface area contributed by atoms with Crippen LogP contribution >= 0.6 is 30.0 Å². The lowest BCUT2D eigenvalue weighted by atomic mass is 10.1. The zero-order chi connectivity index (χ0) is 23.6. The van der Waals surface area contributed by atoms with Crippen LogP contribution in [0.3, 0.4) is 0 Å². The summed E-state index contributed by atoms with van der Waals surface area (Å²) in [6, 6.07) is 8.94. The molecular weight excluding hydrogens is 447 g/mol. The molecule has 1 aromatic rings. The molecule has 0 atom stereocenters. The molecule has 0 saturated heterocycles. The molecule has 0 fully saturated rings. The van der Waals surface area contributed by atoms with Crippen LogP contribution in [0.5, 0.6) is 0 Å². The predicted molar refractivity (Wildman–Crippen MR) is 139 cm³/mol. The van der Waals surface area contributed by atoms with E-state index in [1.807, 2.05) is 12.1 Å². The Labute approximate surface area is 199 Å². The van der Waals surface area contributed by atoms with Crippen molar-refractivity contribution in [2.45, 2.75) is 86.0 Å². The number of rotatable bonds is 15. The van der Waals surface area contributed by atoms with Crippen LogP contribution < -0.4 is 0 Å². The van der Waals surface area contributed by atoms with Crippen LogP contribution in [-0.2, 0) is 10.9 Å². The zero-order valence-electron chi connectivity index (χ0n) is 20.4. The molecule has 0 saturated carbocycles. The first-order chi connectivity index (χ1) is 14.6. The monoisotopic (exact) mass is 488 g/mol. The topological polar surface area (TPSA) is 53.0 Å². The van der Waals surface area contributed by atoms with Gasteiger partial charge in [-0.2, -0.15) is 0 Å². The summed E-state index contributed by atoms with van der Waals surface area (Å²) in [4.78, 5) is 11.3. The minimum Gasteiger partial charge on any atom is -0.478 e. The Balaban J connectivity index is 2.57. The minimum absolute atomic E-state index is 0.409. The van der Waals surface area contributed by atoms with E-state index in [1.165, 1.54) is 0 Å². The van der Waals surface area contributed by atoms with Gasteiger partial charge in [-0.1, -0.05) is 39.8 Å². The standard InChI is InChI=1S/C23H41N2O3PS2/c1-17(2)24(18(3)4)29(25(19(5)6)20(7)8)28-14-16-31-30-15-13-21-11-9-10-12-22(21)23(26)27/h9-12,17-20H,13-16H2,1-8H3,(H,26,27). The quantitative estimate of drug-likeness (QED) is 0.166. The van der Waals surface area contributed by atoms with Crippen molar-refractivity contribution in [3.05, 3.63) is 35.4 Å². The minimum atomic E-state index is -0.852. The number of carboxylic acid groups (broad SMARTS) is 1. The molecule has 0 radical (unpaired) electrons. The number of carboxylic acids is 1. The Kier molecular flexibility index (Phi) is 13.7. The van der Waals surface area contributed by atoms with Gasteiger partial charge in [0.15, 0.2) is 8.45 Å². The van der Waals surface area contributed by atoms with E-state index in [-0.39, 0.29) is 0 Å². The van der Waals surface area contributed by atoms with Gasteiger partial charge in [0.05, 0.1) is 12.2 Å². The molecule has 8 heteroatoms. The fraction of sp³-hybridized carbons (Fsp3) is 0.696. The molecule has 0 spiro atoms. The Morgan fingerprint density at radius 1 is 0.903 bits per heavy atom. The molecular formula is C23H41N2O3PS2. The number of hydrogen-bond acceptors (Lipinski definition) is 6. The van der Waals surface area contributed by atoms with Crippen molar-refractivity contribution >= 4 is 36.0 Å². The second kappa shape index (κ2) is 14.8. The second-order valence-corrected chi connectivity index (χ2v) is 13.0. The molecule has 5 nitrogen and oxygen atoms in total. The number of benzene rings is 1. The maximum Gasteiger partial charge on any atom is 0.335 e. The normalized spacial score (nSPS) is 12.5. The summed E-state index contributed by atoms with van der Waals surface area (Å²) < 4.78 is 11.6. The number of nitrogens with zero attached hydrogens (tertiary/aromatic N) is 2. The highest BCUT2D eigenvalue weighted by atomic mass is 33.1. The Bertz CT molecular complexity index is 623. The molecule has 178 valence electrons. The smallest absolute Gasteiger partial charge is 0.335 e. The largest absolute Gasteiger partial charge is 0.478 e. The Morgan fingerprint density at radius 3 is 1.87 bits per heavy atom. The van der Waals surface area contributed by atoms with Crippen molar-refractivity contribution in [1.82, 2.24) is 9.34 Å². The molecule has 0 aromatic heterocycles. The molecule has 1 rings (SSSR count). The van der Waals surface area contributed by atoms with Crippen LogP contribution in [0.2, 0.25) is 0 Å². The van der Waals surface area contributed by atoms with Crippen molar-refractivity contribution in [2.75, 3.05) is 18.1 Å². The Morgan fingerprint density at radius 2 is 1.39 bits per heavy atom. The first-order valence-corrected chi connectivity index (χ1v) is 14.8. The van der Waals surface area contributed by atoms with Crippen LogP contribution in [0.25, 0.3) is 0 Å². The summed E-state index contributed by atoms with van der Waals surface area (Å²) in [5, 5.41) is 9.30. The van der Waals surface area contributed by atoms with E-state index in [2.05, 4.69) is 64.7 Å². The number of aryl methyl sites for hydroxylation is 1. The van der Waals surface area contributed by atoms with Crippen molar-refractivity contribution < 1.29 is 14.4 Å². The van der Waals surface area contributed by atoms with Gasteiger partial charge in [0.1, 0.15) is 0 Å². The first-order valence-electron chi connectivity index (χ1n) is 11.1. The number of aromatic carboxylic acids is 1. The third-order valence-corrected chi connectivity index (χ3v) is 10.1. The second-order valence-electron chi connectivity index (χ2n) is 8.58. The molecule has 0 aliphatic rings. The maximum absolute atomic E-state index is 11.3. The van der Waals surface area contributed by atoms with Crippen LogP contribution in [0, 0.1) is 0 Å². The molecule has 0 heterocycles. The van der Waals surface area contributed by atoms with Gasteiger partial charge in [-0.15, -0.1) is 0 Å². The van der Waals surface area contributed by atoms with Gasteiger partial charge >= 0.3 is 5.97 Å². The fourth-order valence-corrected chi connectivity index (χ4v) is 7.92. The van der Waals surface area contributed by atoms with Gasteiger partial charge in [-0.3, -0.25) is 0 Å². The lowest BCUT2D eigenvalue weighted by molar-refractivity contribution is 0.0695. The highest BCUT2D eigenvalue weighted by molar-refractivity contribution is 8.76. The van der Waals surface area contributed by atoms with Gasteiger partial charge in [0.2, 0.25) is 0 Å². The van der Waals surface area contributed by atoms with Crippen LogP contribution in [0.15, 0.2) is 24.3 Å². The molecule has 0 unspecified atom stereocenters. The highest BCUT2D eigenvalue weighted by Crippen LogP contribution is 2.50. The molecule has 1 N–H and O–H groups in total. The van der Waals surface area contributed by atoms with Gasteiger partial charge in [0, 0.05) is 35.7 Å². The van der Waals surface area contributed by atoms with E-state index in [1.54, 1.807) is 33.7 Å². The lowest BCUT2D eigenvalue weighted by Gasteiger charge is -2.45. The van der Waals surface area contributed by atoms with Crippen LogP contribution in [0.4, 0.5) is 0 Å². The van der Waals surface area contributed by atoms with Crippen molar-refractivity contribution in [3.63, 3.8) is 0 Å². The average Bonchev–Trinajstić information content (AvgIpc) is 2.66. The highest BCUT2D eigenvalue weighted by Gasteiger charge is 2.34. The average molecular weight is 489 g/mol. The van der Waals surface area contributed by atoms with Gasteiger partial charge in [-0.05, 0) is 73.4 Å². The van der Waals surface area contributed by atoms with E-state index >= 15 is 0 Å². The molecule has 31 heavy (non-hydrogen) atoms. The van der Waals surface area contributed by atoms with E-state index in [9.17, 15) is 9.90 Å². The van der Waals surface area contributed by atoms with Gasteiger partial charge in [0.25, 0.3) is 0 Å². The lowest BCUT2D eigenvalue weighted by Crippen LogP contribution is -2.43. The Hall–Kier alpha value is -0.300. The van der Waals surface area contributed by atoms with Crippen molar-refractivity contribution in [2.24, 2.45) is 0 Å². The van der Waals surface area contributed by atoms with E-state index in [0.29, 0.717) is 36.3 Å². The van der Waals surface area contributed by atoms with Crippen LogP contribution in [0.1, 0.15) is 71.3 Å². The molecule has 1 aromatic carbocycles. The molecule has 0 aliphatic heterocycles. The third kappa shape index (κ3) is 9.61. The molecule has 0 aliphatic carbocycles. The number of carbonyl (C=O) groups is 1. The SMILES string of the molecule is CC(C)N(C(C)C)P(OCCSSCCc1ccccc1C(=O)O)N(C(C)C)C(C)C. The van der Waals surface area contributed by atoms with E-state index in [0.717, 1.165) is 23.5 Å². The molecule has 0 amide bonds. The fourth-order valence-electron chi connectivity index (χ4n) is 3.60. The van der Waals surface area contributed by atoms with E-state index < -0.39 is 14.4 Å². The number of hydrogen-bond donors (Lipinski definition) is 1. The molecule has 0 bridgehead atoms. The van der Waals surface area contributed by atoms with Crippen LogP contribution in [-0.4, -0.2) is 62.7 Å². The summed E-state index contributed by atoms with van der Waals surface area (Å²) >= 11 is 0.